The molecule has 1 aliphatic heterocycles. The lowest BCUT2D eigenvalue weighted by Crippen LogP contribution is -2.27. The fraction of sp³-hybridized carbons (Fsp3) is 0.375. The molecule has 5 heteroatoms. The van der Waals surface area contributed by atoms with Gasteiger partial charge >= 0.3 is 0 Å². The summed E-state index contributed by atoms with van der Waals surface area (Å²) in [6.45, 7) is 3.50. The van der Waals surface area contributed by atoms with Crippen LogP contribution in [-0.2, 0) is 11.2 Å². The molecule has 1 unspecified atom stereocenters. The van der Waals surface area contributed by atoms with E-state index in [0.29, 0.717) is 13.0 Å². The molecular formula is C16H19N3OS. The number of carbonyl (C=O) groups excluding carboxylic acids is 1. The molecule has 3 rings (SSSR count). The fourth-order valence-electron chi connectivity index (χ4n) is 2.69. The second-order valence-corrected chi connectivity index (χ2v) is 6.39. The van der Waals surface area contributed by atoms with Crippen LogP contribution in [0.25, 0.3) is 0 Å². The monoisotopic (exact) mass is 301 g/mol. The van der Waals surface area contributed by atoms with Gasteiger partial charge < -0.3 is 10.6 Å². The zero-order valence-corrected chi connectivity index (χ0v) is 12.9. The van der Waals surface area contributed by atoms with Gasteiger partial charge in [-0.3, -0.25) is 4.79 Å². The zero-order valence-electron chi connectivity index (χ0n) is 12.1. The number of carbonyl (C=O) groups is 1. The van der Waals surface area contributed by atoms with Crippen LogP contribution in [0.15, 0.2) is 29.6 Å². The van der Waals surface area contributed by atoms with E-state index < -0.39 is 0 Å². The van der Waals surface area contributed by atoms with Crippen molar-refractivity contribution in [3.05, 3.63) is 45.9 Å². The van der Waals surface area contributed by atoms with Gasteiger partial charge in [0.05, 0.1) is 10.7 Å². The molecule has 1 atom stereocenters. The molecule has 2 aromatic rings. The predicted octanol–water partition coefficient (Wildman–Crippen LogP) is 2.71. The molecular weight excluding hydrogens is 282 g/mol. The van der Waals surface area contributed by atoms with Crippen LogP contribution < -0.4 is 10.6 Å². The summed E-state index contributed by atoms with van der Waals surface area (Å²) in [7, 11) is 0. The van der Waals surface area contributed by atoms with Crippen molar-refractivity contribution in [1.82, 2.24) is 10.3 Å². The number of para-hydroxylation sites is 1. The second kappa shape index (κ2) is 6.26. The standard InChI is InChI=1S/C16H19N3OS/c1-11-19-13(10-21-11)6-7-17-16(20)8-12-9-18-15-5-3-2-4-14(12)15/h2-5,10,12,18H,6-9H2,1H3,(H,17,20). The molecule has 0 saturated heterocycles. The van der Waals surface area contributed by atoms with Crippen LogP contribution in [0.4, 0.5) is 5.69 Å². The SMILES string of the molecule is Cc1nc(CCNC(=O)CC2CNc3ccccc32)cs1. The Morgan fingerprint density at radius 1 is 1.48 bits per heavy atom. The topological polar surface area (TPSA) is 54.0 Å². The molecule has 0 radical (unpaired) electrons. The summed E-state index contributed by atoms with van der Waals surface area (Å²) in [6, 6.07) is 8.22. The molecule has 1 aliphatic rings. The molecule has 0 saturated carbocycles. The number of hydrogen-bond donors (Lipinski definition) is 2. The smallest absolute Gasteiger partial charge is 0.220 e. The quantitative estimate of drug-likeness (QED) is 0.893. The van der Waals surface area contributed by atoms with Gasteiger partial charge in [-0.05, 0) is 18.6 Å². The van der Waals surface area contributed by atoms with Gasteiger partial charge in [0.1, 0.15) is 0 Å². The van der Waals surface area contributed by atoms with E-state index in [2.05, 4.69) is 33.1 Å². The average molecular weight is 301 g/mol. The number of aromatic nitrogens is 1. The minimum absolute atomic E-state index is 0.116. The largest absolute Gasteiger partial charge is 0.384 e. The second-order valence-electron chi connectivity index (χ2n) is 5.33. The molecule has 21 heavy (non-hydrogen) atoms. The lowest BCUT2D eigenvalue weighted by Gasteiger charge is -2.10. The molecule has 2 N–H and O–H groups in total. The Balaban J connectivity index is 1.47. The molecule has 2 heterocycles. The number of anilines is 1. The fourth-order valence-corrected chi connectivity index (χ4v) is 3.34. The maximum atomic E-state index is 12.0. The van der Waals surface area contributed by atoms with Crippen molar-refractivity contribution in [2.45, 2.75) is 25.7 Å². The number of amides is 1. The Labute approximate surface area is 128 Å². The first kappa shape index (κ1) is 14.1. The maximum Gasteiger partial charge on any atom is 0.220 e. The molecule has 0 fully saturated rings. The van der Waals surface area contributed by atoms with Gasteiger partial charge in [0.25, 0.3) is 0 Å². The first-order valence-corrected chi connectivity index (χ1v) is 8.11. The van der Waals surface area contributed by atoms with Crippen LogP contribution in [0.5, 0.6) is 0 Å². The van der Waals surface area contributed by atoms with Gasteiger partial charge in [0.15, 0.2) is 0 Å². The Morgan fingerprint density at radius 2 is 2.33 bits per heavy atom. The Bertz CT molecular complexity index is 638. The molecule has 0 bridgehead atoms. The summed E-state index contributed by atoms with van der Waals surface area (Å²) in [5, 5.41) is 9.48. The summed E-state index contributed by atoms with van der Waals surface area (Å²) >= 11 is 1.65. The van der Waals surface area contributed by atoms with Crippen LogP contribution >= 0.6 is 11.3 Å². The third-order valence-electron chi connectivity index (χ3n) is 3.74. The van der Waals surface area contributed by atoms with Gasteiger partial charge in [-0.15, -0.1) is 11.3 Å². The maximum absolute atomic E-state index is 12.0. The highest BCUT2D eigenvalue weighted by molar-refractivity contribution is 7.09. The number of rotatable bonds is 5. The van der Waals surface area contributed by atoms with Crippen molar-refractivity contribution < 1.29 is 4.79 Å². The first-order chi connectivity index (χ1) is 10.2. The summed E-state index contributed by atoms with van der Waals surface area (Å²) in [5.41, 5.74) is 3.47. The average Bonchev–Trinajstić information content (AvgIpc) is 3.06. The molecule has 0 spiro atoms. The molecule has 4 nitrogen and oxygen atoms in total. The minimum atomic E-state index is 0.116. The van der Waals surface area contributed by atoms with Crippen molar-refractivity contribution in [2.75, 3.05) is 18.4 Å². The van der Waals surface area contributed by atoms with E-state index in [-0.39, 0.29) is 11.8 Å². The van der Waals surface area contributed by atoms with Crippen molar-refractivity contribution in [3.8, 4) is 0 Å². The highest BCUT2D eigenvalue weighted by atomic mass is 32.1. The Hall–Kier alpha value is -1.88. The van der Waals surface area contributed by atoms with Crippen molar-refractivity contribution in [1.29, 1.82) is 0 Å². The summed E-state index contributed by atoms with van der Waals surface area (Å²) < 4.78 is 0. The lowest BCUT2D eigenvalue weighted by molar-refractivity contribution is -0.121. The first-order valence-electron chi connectivity index (χ1n) is 7.23. The molecule has 1 amide bonds. The van der Waals surface area contributed by atoms with Crippen molar-refractivity contribution in [3.63, 3.8) is 0 Å². The van der Waals surface area contributed by atoms with Gasteiger partial charge in [0.2, 0.25) is 5.91 Å². The van der Waals surface area contributed by atoms with E-state index in [9.17, 15) is 4.79 Å². The zero-order chi connectivity index (χ0) is 14.7. The van der Waals surface area contributed by atoms with E-state index in [1.165, 1.54) is 5.56 Å². The normalized spacial score (nSPS) is 16.3. The Morgan fingerprint density at radius 3 is 3.14 bits per heavy atom. The van der Waals surface area contributed by atoms with E-state index in [4.69, 9.17) is 0 Å². The highest BCUT2D eigenvalue weighted by Crippen LogP contribution is 2.32. The van der Waals surface area contributed by atoms with Gasteiger partial charge in [-0.1, -0.05) is 18.2 Å². The number of aryl methyl sites for hydroxylation is 1. The molecule has 110 valence electrons. The number of nitrogens with one attached hydrogen (secondary N) is 2. The van der Waals surface area contributed by atoms with Gasteiger partial charge in [0, 0.05) is 42.9 Å². The van der Waals surface area contributed by atoms with E-state index in [1.807, 2.05) is 19.1 Å². The van der Waals surface area contributed by atoms with E-state index in [0.717, 1.165) is 29.4 Å². The summed E-state index contributed by atoms with van der Waals surface area (Å²) in [5.74, 6) is 0.396. The number of fused-ring (bicyclic) bond motifs is 1. The van der Waals surface area contributed by atoms with Crippen LogP contribution in [0.2, 0.25) is 0 Å². The van der Waals surface area contributed by atoms with E-state index >= 15 is 0 Å². The predicted molar refractivity (Wildman–Crippen MR) is 85.9 cm³/mol. The highest BCUT2D eigenvalue weighted by Gasteiger charge is 2.23. The van der Waals surface area contributed by atoms with Gasteiger partial charge in [-0.2, -0.15) is 0 Å². The Kier molecular flexibility index (Phi) is 4.20. The van der Waals surface area contributed by atoms with Gasteiger partial charge in [-0.25, -0.2) is 4.98 Å². The summed E-state index contributed by atoms with van der Waals surface area (Å²) in [4.78, 5) is 16.4. The number of nitrogens with zero attached hydrogens (tertiary/aromatic N) is 1. The molecule has 1 aromatic heterocycles. The van der Waals surface area contributed by atoms with Crippen LogP contribution in [0.1, 0.15) is 28.6 Å². The third-order valence-corrected chi connectivity index (χ3v) is 4.56. The lowest BCUT2D eigenvalue weighted by atomic mass is 9.97. The van der Waals surface area contributed by atoms with Crippen LogP contribution in [-0.4, -0.2) is 24.0 Å². The van der Waals surface area contributed by atoms with Crippen molar-refractivity contribution >= 4 is 22.9 Å². The van der Waals surface area contributed by atoms with Crippen molar-refractivity contribution in [2.24, 2.45) is 0 Å². The summed E-state index contributed by atoms with van der Waals surface area (Å²) in [6.07, 6.45) is 1.34. The van der Waals surface area contributed by atoms with E-state index in [1.54, 1.807) is 11.3 Å². The molecule has 0 aliphatic carbocycles. The molecule has 1 aromatic carbocycles. The number of benzene rings is 1. The third kappa shape index (κ3) is 3.42. The number of thiazole rings is 1. The minimum Gasteiger partial charge on any atom is -0.384 e. The number of hydrogen-bond acceptors (Lipinski definition) is 4. The van der Waals surface area contributed by atoms with Crippen LogP contribution in [0, 0.1) is 6.92 Å². The van der Waals surface area contributed by atoms with Crippen LogP contribution in [0.3, 0.4) is 0 Å².